The van der Waals surface area contributed by atoms with E-state index in [1.807, 2.05) is 0 Å². The number of rotatable bonds is 8. The third-order valence-corrected chi connectivity index (χ3v) is 8.93. The fourth-order valence-electron chi connectivity index (χ4n) is 3.25. The lowest BCUT2D eigenvalue weighted by molar-refractivity contribution is -0.117. The molecule has 0 radical (unpaired) electrons. The van der Waals surface area contributed by atoms with Crippen molar-refractivity contribution in [3.05, 3.63) is 12.2 Å². The average molecular weight is 315 g/mol. The molecule has 122 valence electrons. The highest BCUT2D eigenvalue weighted by molar-refractivity contribution is 6.70. The molecule has 0 spiro atoms. The van der Waals surface area contributed by atoms with Gasteiger partial charge in [-0.2, -0.15) is 0 Å². The van der Waals surface area contributed by atoms with E-state index in [9.17, 15) is 4.79 Å². The van der Waals surface area contributed by atoms with E-state index in [2.05, 4.69) is 11.9 Å². The SMILES string of the molecule is C=C(C)C(=O)NCCCC1(OC)CCCC[Si]1(OC)OC. The second-order valence-electron chi connectivity index (χ2n) is 5.71. The summed E-state index contributed by atoms with van der Waals surface area (Å²) in [6.45, 7) is 5.96. The minimum Gasteiger partial charge on any atom is -0.396 e. The Morgan fingerprint density at radius 1 is 1.29 bits per heavy atom. The highest BCUT2D eigenvalue weighted by Crippen LogP contribution is 2.42. The predicted octanol–water partition coefficient (Wildman–Crippen LogP) is 2.30. The van der Waals surface area contributed by atoms with Crippen LogP contribution in [0.1, 0.15) is 39.0 Å². The molecule has 1 atom stereocenters. The maximum atomic E-state index is 11.5. The van der Waals surface area contributed by atoms with E-state index in [0.29, 0.717) is 12.1 Å². The molecule has 6 heteroatoms. The van der Waals surface area contributed by atoms with Crippen LogP contribution in [0.5, 0.6) is 0 Å². The molecule has 0 aromatic rings. The van der Waals surface area contributed by atoms with E-state index in [4.69, 9.17) is 13.6 Å². The van der Waals surface area contributed by atoms with Crippen LogP contribution in [0.3, 0.4) is 0 Å². The Morgan fingerprint density at radius 2 is 1.95 bits per heavy atom. The maximum Gasteiger partial charge on any atom is 0.370 e. The second kappa shape index (κ2) is 8.08. The normalized spacial score (nSPS) is 24.6. The van der Waals surface area contributed by atoms with E-state index < -0.39 is 8.56 Å². The number of methoxy groups -OCH3 is 1. The molecule has 1 aliphatic rings. The summed E-state index contributed by atoms with van der Waals surface area (Å²) in [7, 11) is 2.85. The Bertz CT molecular complexity index is 371. The Labute approximate surface area is 129 Å². The van der Waals surface area contributed by atoms with Gasteiger partial charge >= 0.3 is 8.56 Å². The van der Waals surface area contributed by atoms with Crippen LogP contribution in [0.4, 0.5) is 0 Å². The number of ether oxygens (including phenoxy) is 1. The average Bonchev–Trinajstić information content (AvgIpc) is 2.51. The summed E-state index contributed by atoms with van der Waals surface area (Å²) in [5, 5.41) is 2.55. The largest absolute Gasteiger partial charge is 0.396 e. The van der Waals surface area contributed by atoms with E-state index in [1.165, 1.54) is 0 Å². The van der Waals surface area contributed by atoms with Crippen molar-refractivity contribution in [3.63, 3.8) is 0 Å². The van der Waals surface area contributed by atoms with Crippen LogP contribution in [0.15, 0.2) is 12.2 Å². The summed E-state index contributed by atoms with van der Waals surface area (Å²) in [5.41, 5.74) is 0.534. The highest BCUT2D eigenvalue weighted by atomic mass is 28.4. The summed E-state index contributed by atoms with van der Waals surface area (Å²) in [6.07, 6.45) is 4.91. The van der Waals surface area contributed by atoms with Crippen LogP contribution in [-0.4, -0.2) is 47.6 Å². The number of amides is 1. The van der Waals surface area contributed by atoms with E-state index >= 15 is 0 Å². The fraction of sp³-hybridized carbons (Fsp3) is 0.800. The van der Waals surface area contributed by atoms with Gasteiger partial charge in [0.1, 0.15) is 5.22 Å². The Balaban J connectivity index is 2.65. The molecule has 1 heterocycles. The van der Waals surface area contributed by atoms with Crippen molar-refractivity contribution in [2.45, 2.75) is 50.3 Å². The van der Waals surface area contributed by atoms with Crippen LogP contribution in [-0.2, 0) is 18.4 Å². The molecule has 1 N–H and O–H groups in total. The van der Waals surface area contributed by atoms with Crippen molar-refractivity contribution in [1.82, 2.24) is 5.32 Å². The van der Waals surface area contributed by atoms with Crippen LogP contribution < -0.4 is 5.32 Å². The summed E-state index contributed by atoms with van der Waals surface area (Å²) >= 11 is 0. The molecule has 1 unspecified atom stereocenters. The molecule has 1 saturated heterocycles. The van der Waals surface area contributed by atoms with Gasteiger partial charge in [0.25, 0.3) is 0 Å². The summed E-state index contributed by atoms with van der Waals surface area (Å²) in [5.74, 6) is -0.0906. The number of hydrogen-bond donors (Lipinski definition) is 1. The summed E-state index contributed by atoms with van der Waals surface area (Å²) in [6, 6.07) is 0.964. The minimum absolute atomic E-state index is 0.0906. The van der Waals surface area contributed by atoms with Gasteiger partial charge in [-0.25, -0.2) is 0 Å². The molecular formula is C15H29NO4Si. The molecule has 0 aromatic carbocycles. The van der Waals surface area contributed by atoms with Crippen LogP contribution >= 0.6 is 0 Å². The molecule has 1 fully saturated rings. The standard InChI is InChI=1S/C15H29NO4Si/c1-13(2)14(17)16-11-8-10-15(18-3)9-6-7-12-21(15,19-4)20-5/h1,6-12H2,2-5H3,(H,16,17). The van der Waals surface area contributed by atoms with Gasteiger partial charge in [0, 0.05) is 33.4 Å². The lowest BCUT2D eigenvalue weighted by Gasteiger charge is -2.48. The van der Waals surface area contributed by atoms with Gasteiger partial charge in [0.05, 0.1) is 0 Å². The van der Waals surface area contributed by atoms with Crippen molar-refractivity contribution < 1.29 is 18.4 Å². The van der Waals surface area contributed by atoms with Gasteiger partial charge in [0.15, 0.2) is 0 Å². The van der Waals surface area contributed by atoms with Crippen molar-refractivity contribution >= 4 is 14.5 Å². The van der Waals surface area contributed by atoms with Crippen LogP contribution in [0, 0.1) is 0 Å². The lowest BCUT2D eigenvalue weighted by Crippen LogP contribution is -2.64. The Hall–Kier alpha value is -0.693. The number of hydrogen-bond acceptors (Lipinski definition) is 4. The molecule has 1 aliphatic heterocycles. The Kier molecular flexibility index (Phi) is 7.06. The van der Waals surface area contributed by atoms with E-state index in [0.717, 1.165) is 38.1 Å². The molecule has 0 bridgehead atoms. The van der Waals surface area contributed by atoms with Crippen molar-refractivity contribution in [1.29, 1.82) is 0 Å². The highest BCUT2D eigenvalue weighted by Gasteiger charge is 2.58. The molecule has 21 heavy (non-hydrogen) atoms. The monoisotopic (exact) mass is 315 g/mol. The molecule has 0 saturated carbocycles. The van der Waals surface area contributed by atoms with Crippen LogP contribution in [0.2, 0.25) is 6.04 Å². The Morgan fingerprint density at radius 3 is 2.48 bits per heavy atom. The zero-order valence-electron chi connectivity index (χ0n) is 13.8. The smallest absolute Gasteiger partial charge is 0.370 e. The first-order valence-electron chi connectivity index (χ1n) is 7.56. The first-order chi connectivity index (χ1) is 9.97. The topological polar surface area (TPSA) is 56.8 Å². The van der Waals surface area contributed by atoms with Gasteiger partial charge in [-0.1, -0.05) is 19.4 Å². The van der Waals surface area contributed by atoms with Crippen molar-refractivity contribution in [2.75, 3.05) is 27.9 Å². The zero-order chi connectivity index (χ0) is 15.9. The first-order valence-corrected chi connectivity index (χ1v) is 9.58. The fourth-order valence-corrected chi connectivity index (χ4v) is 7.16. The van der Waals surface area contributed by atoms with Gasteiger partial charge < -0.3 is 18.9 Å². The predicted molar refractivity (Wildman–Crippen MR) is 85.2 cm³/mol. The minimum atomic E-state index is -2.36. The van der Waals surface area contributed by atoms with Gasteiger partial charge in [0.2, 0.25) is 5.91 Å². The molecule has 1 amide bonds. The number of nitrogens with one attached hydrogen (secondary N) is 1. The van der Waals surface area contributed by atoms with Gasteiger partial charge in [-0.05, 0) is 32.2 Å². The summed E-state index contributed by atoms with van der Waals surface area (Å²) in [4.78, 5) is 11.5. The van der Waals surface area contributed by atoms with Gasteiger partial charge in [-0.3, -0.25) is 4.79 Å². The number of carbonyl (C=O) groups is 1. The zero-order valence-corrected chi connectivity index (χ0v) is 14.8. The van der Waals surface area contributed by atoms with Gasteiger partial charge in [-0.15, -0.1) is 0 Å². The van der Waals surface area contributed by atoms with Crippen molar-refractivity contribution in [3.8, 4) is 0 Å². The first kappa shape index (κ1) is 18.4. The lowest BCUT2D eigenvalue weighted by atomic mass is 10.1. The van der Waals surface area contributed by atoms with Crippen molar-refractivity contribution in [2.24, 2.45) is 0 Å². The maximum absolute atomic E-state index is 11.5. The third-order valence-electron chi connectivity index (χ3n) is 4.51. The molecule has 1 rings (SSSR count). The third kappa shape index (κ3) is 3.94. The van der Waals surface area contributed by atoms with Crippen LogP contribution in [0.25, 0.3) is 0 Å². The molecule has 5 nitrogen and oxygen atoms in total. The molecular weight excluding hydrogens is 286 g/mol. The van der Waals surface area contributed by atoms with E-state index in [-0.39, 0.29) is 11.1 Å². The van der Waals surface area contributed by atoms with E-state index in [1.54, 1.807) is 28.3 Å². The molecule has 0 aromatic heterocycles. The number of carbonyl (C=O) groups excluding carboxylic acids is 1. The quantitative estimate of drug-likeness (QED) is 0.424. The summed E-state index contributed by atoms with van der Waals surface area (Å²) < 4.78 is 17.6. The second-order valence-corrected chi connectivity index (χ2v) is 9.44. The molecule has 0 aliphatic carbocycles.